The van der Waals surface area contributed by atoms with Gasteiger partial charge in [0.1, 0.15) is 17.8 Å². The minimum absolute atomic E-state index is 0.179. The van der Waals surface area contributed by atoms with Crippen molar-refractivity contribution in [3.05, 3.63) is 65.0 Å². The number of thiazole rings is 1. The number of benzene rings is 2. The van der Waals surface area contributed by atoms with Gasteiger partial charge in [-0.2, -0.15) is 0 Å². The molecule has 1 N–H and O–H groups in total. The van der Waals surface area contributed by atoms with Crippen molar-refractivity contribution in [1.82, 2.24) is 15.2 Å². The van der Waals surface area contributed by atoms with Crippen LogP contribution in [0.15, 0.2) is 53.9 Å². The predicted molar refractivity (Wildman–Crippen MR) is 135 cm³/mol. The number of hydrogen-bond donors (Lipinski definition) is 1. The van der Waals surface area contributed by atoms with E-state index in [0.29, 0.717) is 17.3 Å². The number of methoxy groups -OCH3 is 1. The number of anilines is 1. The molecule has 3 aromatic rings. The van der Waals surface area contributed by atoms with Crippen LogP contribution in [0.3, 0.4) is 0 Å². The van der Waals surface area contributed by atoms with Gasteiger partial charge in [0.15, 0.2) is 5.13 Å². The van der Waals surface area contributed by atoms with Gasteiger partial charge in [0.2, 0.25) is 5.91 Å². The summed E-state index contributed by atoms with van der Waals surface area (Å²) in [5.41, 5.74) is 2.60. The average Bonchev–Trinajstić information content (AvgIpc) is 3.42. The molecule has 2 aromatic carbocycles. The maximum Gasteiger partial charge on any atom is 0.325 e. The van der Waals surface area contributed by atoms with E-state index in [9.17, 15) is 14.4 Å². The number of para-hydroxylation sites is 1. The summed E-state index contributed by atoms with van der Waals surface area (Å²) in [5.74, 6) is -0.186. The first kappa shape index (κ1) is 24.4. The van der Waals surface area contributed by atoms with E-state index in [-0.39, 0.29) is 13.1 Å². The largest absolute Gasteiger partial charge is 0.496 e. The Labute approximate surface area is 208 Å². The van der Waals surface area contributed by atoms with E-state index < -0.39 is 23.4 Å². The van der Waals surface area contributed by atoms with Gasteiger partial charge in [-0.05, 0) is 26.3 Å². The van der Waals surface area contributed by atoms with Crippen LogP contribution in [0.1, 0.15) is 31.4 Å². The van der Waals surface area contributed by atoms with Crippen LogP contribution in [0.5, 0.6) is 5.75 Å². The number of nitrogens with zero attached hydrogens (tertiary/aromatic N) is 3. The molecule has 35 heavy (non-hydrogen) atoms. The maximum absolute atomic E-state index is 13.6. The van der Waals surface area contributed by atoms with Crippen molar-refractivity contribution >= 4 is 34.3 Å². The number of aryl methyl sites for hydroxylation is 1. The summed E-state index contributed by atoms with van der Waals surface area (Å²) < 4.78 is 5.47. The van der Waals surface area contributed by atoms with Crippen LogP contribution in [-0.4, -0.2) is 46.9 Å². The fraction of sp³-hybridized carbons (Fsp3) is 0.308. The topological polar surface area (TPSA) is 91.8 Å². The van der Waals surface area contributed by atoms with Crippen LogP contribution in [0, 0.1) is 6.92 Å². The first-order valence-electron chi connectivity index (χ1n) is 11.3. The number of urea groups is 1. The summed E-state index contributed by atoms with van der Waals surface area (Å²) >= 11 is 1.33. The molecule has 0 saturated carbocycles. The van der Waals surface area contributed by atoms with Crippen LogP contribution in [0.4, 0.5) is 9.93 Å². The molecule has 0 aliphatic carbocycles. The molecule has 1 fully saturated rings. The SMILES string of the molecule is CCC1(C)NC(=O)N(CC(=O)N(Cc2ccccc2OC)c2nc(-c3ccc(C)cc3)cs2)C1=O. The average molecular weight is 493 g/mol. The Morgan fingerprint density at radius 1 is 1.17 bits per heavy atom. The summed E-state index contributed by atoms with van der Waals surface area (Å²) in [6.45, 7) is 5.30. The number of ether oxygens (including phenoxy) is 1. The lowest BCUT2D eigenvalue weighted by Gasteiger charge is -2.24. The van der Waals surface area contributed by atoms with E-state index in [1.54, 1.807) is 14.0 Å². The van der Waals surface area contributed by atoms with Crippen molar-refractivity contribution in [2.75, 3.05) is 18.6 Å². The molecule has 182 valence electrons. The lowest BCUT2D eigenvalue weighted by atomic mass is 9.99. The third kappa shape index (κ3) is 4.90. The molecule has 4 amide bonds. The standard InChI is InChI=1S/C26H28N4O4S/c1-5-26(3)23(32)30(24(33)28-26)15-22(31)29(14-19-8-6-7-9-21(19)34-4)25-27-20(16-35-25)18-12-10-17(2)11-13-18/h6-13,16H,5,14-15H2,1-4H3,(H,28,33). The highest BCUT2D eigenvalue weighted by Crippen LogP contribution is 2.31. The molecule has 1 aromatic heterocycles. The normalized spacial score (nSPS) is 17.4. The Hall–Kier alpha value is -3.72. The molecule has 0 radical (unpaired) electrons. The van der Waals surface area contributed by atoms with Gasteiger partial charge in [-0.25, -0.2) is 9.78 Å². The zero-order valence-corrected chi connectivity index (χ0v) is 21.0. The highest BCUT2D eigenvalue weighted by Gasteiger charge is 2.47. The first-order valence-corrected chi connectivity index (χ1v) is 12.2. The molecule has 4 rings (SSSR count). The number of aromatic nitrogens is 1. The fourth-order valence-electron chi connectivity index (χ4n) is 3.86. The number of rotatable bonds is 8. The van der Waals surface area contributed by atoms with Gasteiger partial charge in [-0.15, -0.1) is 11.3 Å². The molecule has 0 bridgehead atoms. The quantitative estimate of drug-likeness (QED) is 0.471. The molecule has 1 unspecified atom stereocenters. The van der Waals surface area contributed by atoms with Gasteiger partial charge in [0.25, 0.3) is 5.91 Å². The number of carbonyl (C=O) groups excluding carboxylic acids is 3. The van der Waals surface area contributed by atoms with Crippen molar-refractivity contribution in [3.63, 3.8) is 0 Å². The van der Waals surface area contributed by atoms with Gasteiger partial charge < -0.3 is 10.1 Å². The van der Waals surface area contributed by atoms with Gasteiger partial charge in [-0.3, -0.25) is 19.4 Å². The molecule has 9 heteroatoms. The van der Waals surface area contributed by atoms with Gasteiger partial charge >= 0.3 is 6.03 Å². The lowest BCUT2D eigenvalue weighted by molar-refractivity contribution is -0.134. The Morgan fingerprint density at radius 2 is 1.89 bits per heavy atom. The summed E-state index contributed by atoms with van der Waals surface area (Å²) in [7, 11) is 1.57. The fourth-order valence-corrected chi connectivity index (χ4v) is 4.71. The second-order valence-corrected chi connectivity index (χ2v) is 9.52. The summed E-state index contributed by atoms with van der Waals surface area (Å²) in [6.07, 6.45) is 0.430. The second-order valence-electron chi connectivity index (χ2n) is 8.68. The highest BCUT2D eigenvalue weighted by molar-refractivity contribution is 7.14. The minimum atomic E-state index is -1.01. The van der Waals surface area contributed by atoms with Gasteiger partial charge in [0, 0.05) is 16.5 Å². The Balaban J connectivity index is 1.66. The number of hydrogen-bond acceptors (Lipinski definition) is 6. The monoisotopic (exact) mass is 492 g/mol. The smallest absolute Gasteiger partial charge is 0.325 e. The van der Waals surface area contributed by atoms with Crippen molar-refractivity contribution in [1.29, 1.82) is 0 Å². The summed E-state index contributed by atoms with van der Waals surface area (Å²) in [4.78, 5) is 46.2. The highest BCUT2D eigenvalue weighted by atomic mass is 32.1. The second kappa shape index (κ2) is 9.87. The van der Waals surface area contributed by atoms with Crippen LogP contribution < -0.4 is 15.0 Å². The summed E-state index contributed by atoms with van der Waals surface area (Å²) in [5, 5.41) is 5.06. The van der Waals surface area contributed by atoms with Crippen molar-refractivity contribution in [2.45, 2.75) is 39.3 Å². The van der Waals surface area contributed by atoms with Crippen molar-refractivity contribution < 1.29 is 19.1 Å². The molecule has 8 nitrogen and oxygen atoms in total. The third-order valence-corrected chi connectivity index (χ3v) is 7.10. The molecule has 1 saturated heterocycles. The van der Waals surface area contributed by atoms with E-state index in [2.05, 4.69) is 5.32 Å². The van der Waals surface area contributed by atoms with Crippen LogP contribution >= 0.6 is 11.3 Å². The van der Waals surface area contributed by atoms with E-state index >= 15 is 0 Å². The molecule has 1 atom stereocenters. The lowest BCUT2D eigenvalue weighted by Crippen LogP contribution is -2.45. The number of carbonyl (C=O) groups is 3. The Bertz CT molecular complexity index is 1260. The number of imide groups is 1. The minimum Gasteiger partial charge on any atom is -0.496 e. The zero-order chi connectivity index (χ0) is 25.2. The molecule has 1 aliphatic rings. The third-order valence-electron chi connectivity index (χ3n) is 6.24. The van der Waals surface area contributed by atoms with E-state index in [0.717, 1.165) is 27.3 Å². The molecule has 0 spiro atoms. The maximum atomic E-state index is 13.6. The van der Waals surface area contributed by atoms with Crippen LogP contribution in [0.25, 0.3) is 11.3 Å². The number of amides is 4. The molecule has 1 aliphatic heterocycles. The molecule has 2 heterocycles. The van der Waals surface area contributed by atoms with Crippen molar-refractivity contribution in [2.24, 2.45) is 0 Å². The predicted octanol–water partition coefficient (Wildman–Crippen LogP) is 4.38. The van der Waals surface area contributed by atoms with Crippen LogP contribution in [-0.2, 0) is 16.1 Å². The Morgan fingerprint density at radius 3 is 2.54 bits per heavy atom. The molecular weight excluding hydrogens is 464 g/mol. The van der Waals surface area contributed by atoms with E-state index in [1.165, 1.54) is 16.2 Å². The van der Waals surface area contributed by atoms with Crippen LogP contribution in [0.2, 0.25) is 0 Å². The first-order chi connectivity index (χ1) is 16.8. The zero-order valence-electron chi connectivity index (χ0n) is 20.2. The van der Waals surface area contributed by atoms with E-state index in [1.807, 2.05) is 67.8 Å². The Kier molecular flexibility index (Phi) is 6.88. The van der Waals surface area contributed by atoms with Crippen molar-refractivity contribution in [3.8, 4) is 17.0 Å². The van der Waals surface area contributed by atoms with Gasteiger partial charge in [0.05, 0.1) is 19.3 Å². The number of nitrogens with one attached hydrogen (secondary N) is 1. The van der Waals surface area contributed by atoms with E-state index in [4.69, 9.17) is 9.72 Å². The van der Waals surface area contributed by atoms with Gasteiger partial charge in [-0.1, -0.05) is 55.0 Å². The molecular formula is C26H28N4O4S. The summed E-state index contributed by atoms with van der Waals surface area (Å²) in [6, 6.07) is 14.8.